The van der Waals surface area contributed by atoms with Gasteiger partial charge in [-0.25, -0.2) is 0 Å². The van der Waals surface area contributed by atoms with Crippen LogP contribution in [0.15, 0.2) is 18.2 Å². The Bertz CT molecular complexity index is 518. The zero-order valence-electron chi connectivity index (χ0n) is 12.9. The molecular formula is C16H23ClN2O3. The standard InChI is InChI=1S/C16H23ClN2O3/c1-10(2)18-8-13(20)9-22-15-6-3-11(7-14(15)17)16(21)19-12-4-5-12/h3,6-7,10,12-13,18,20H,4-5,8-9H2,1-2H3,(H,19,21). The van der Waals surface area contributed by atoms with E-state index in [-0.39, 0.29) is 12.5 Å². The van der Waals surface area contributed by atoms with Crippen LogP contribution in [0, 0.1) is 0 Å². The number of halogens is 1. The Kier molecular flexibility index (Phi) is 6.06. The second-order valence-electron chi connectivity index (χ2n) is 5.92. The molecule has 1 fully saturated rings. The zero-order chi connectivity index (χ0) is 16.1. The Hall–Kier alpha value is -1.30. The van der Waals surface area contributed by atoms with Crippen LogP contribution in [0.4, 0.5) is 0 Å². The maximum absolute atomic E-state index is 11.9. The number of aliphatic hydroxyl groups excluding tert-OH is 1. The summed E-state index contributed by atoms with van der Waals surface area (Å²) < 4.78 is 5.51. The minimum atomic E-state index is -0.615. The molecule has 6 heteroatoms. The monoisotopic (exact) mass is 326 g/mol. The molecule has 0 spiro atoms. The smallest absolute Gasteiger partial charge is 0.251 e. The van der Waals surface area contributed by atoms with Crippen molar-refractivity contribution in [3.8, 4) is 5.75 Å². The molecule has 122 valence electrons. The van der Waals surface area contributed by atoms with E-state index in [0.29, 0.717) is 35.0 Å². The van der Waals surface area contributed by atoms with E-state index < -0.39 is 6.10 Å². The summed E-state index contributed by atoms with van der Waals surface area (Å²) in [6, 6.07) is 5.55. The topological polar surface area (TPSA) is 70.6 Å². The van der Waals surface area contributed by atoms with Gasteiger partial charge in [-0.1, -0.05) is 25.4 Å². The van der Waals surface area contributed by atoms with E-state index in [2.05, 4.69) is 10.6 Å². The van der Waals surface area contributed by atoms with E-state index in [1.54, 1.807) is 18.2 Å². The normalized spacial score (nSPS) is 15.7. The molecule has 1 aliphatic carbocycles. The molecule has 3 N–H and O–H groups in total. The summed E-state index contributed by atoms with van der Waals surface area (Å²) in [6.45, 7) is 4.62. The van der Waals surface area contributed by atoms with E-state index >= 15 is 0 Å². The van der Waals surface area contributed by atoms with Gasteiger partial charge in [0.2, 0.25) is 0 Å². The third-order valence-corrected chi connectivity index (χ3v) is 3.59. The maximum Gasteiger partial charge on any atom is 0.251 e. The van der Waals surface area contributed by atoms with E-state index in [1.165, 1.54) is 0 Å². The summed E-state index contributed by atoms with van der Waals surface area (Å²) in [7, 11) is 0. The molecule has 5 nitrogen and oxygen atoms in total. The van der Waals surface area contributed by atoms with E-state index in [9.17, 15) is 9.90 Å². The zero-order valence-corrected chi connectivity index (χ0v) is 13.7. The van der Waals surface area contributed by atoms with Gasteiger partial charge in [0.15, 0.2) is 0 Å². The summed E-state index contributed by atoms with van der Waals surface area (Å²) in [5.74, 6) is 0.352. The first-order valence-corrected chi connectivity index (χ1v) is 7.98. The van der Waals surface area contributed by atoms with Crippen molar-refractivity contribution in [3.63, 3.8) is 0 Å². The summed E-state index contributed by atoms with van der Waals surface area (Å²) in [4.78, 5) is 11.9. The van der Waals surface area contributed by atoms with Gasteiger partial charge in [0.1, 0.15) is 18.5 Å². The predicted octanol–water partition coefficient (Wildman–Crippen LogP) is 1.97. The lowest BCUT2D eigenvalue weighted by Gasteiger charge is -2.16. The average Bonchev–Trinajstić information content (AvgIpc) is 3.27. The molecule has 2 rings (SSSR count). The van der Waals surface area contributed by atoms with Gasteiger partial charge in [-0.15, -0.1) is 0 Å². The number of nitrogens with one attached hydrogen (secondary N) is 2. The van der Waals surface area contributed by atoms with Gasteiger partial charge in [0.25, 0.3) is 5.91 Å². The molecule has 0 heterocycles. The highest BCUT2D eigenvalue weighted by Crippen LogP contribution is 2.26. The number of hydrogen-bond acceptors (Lipinski definition) is 4. The van der Waals surface area contributed by atoms with Crippen LogP contribution in [0.25, 0.3) is 0 Å². The molecule has 1 amide bonds. The van der Waals surface area contributed by atoms with Gasteiger partial charge in [0, 0.05) is 24.2 Å². The van der Waals surface area contributed by atoms with Crippen LogP contribution >= 0.6 is 11.6 Å². The first kappa shape index (κ1) is 17.1. The molecule has 1 aromatic carbocycles. The Morgan fingerprint density at radius 1 is 1.45 bits per heavy atom. The number of amides is 1. The van der Waals surface area contributed by atoms with Crippen LogP contribution in [0.2, 0.25) is 5.02 Å². The molecule has 1 unspecified atom stereocenters. The first-order chi connectivity index (χ1) is 10.5. The fourth-order valence-corrected chi connectivity index (χ4v) is 2.11. The third-order valence-electron chi connectivity index (χ3n) is 3.30. The second kappa shape index (κ2) is 7.81. The predicted molar refractivity (Wildman–Crippen MR) is 86.6 cm³/mol. The van der Waals surface area contributed by atoms with Crippen molar-refractivity contribution < 1.29 is 14.6 Å². The Morgan fingerprint density at radius 3 is 2.77 bits per heavy atom. The van der Waals surface area contributed by atoms with Gasteiger partial charge in [-0.05, 0) is 31.0 Å². The van der Waals surface area contributed by atoms with Crippen molar-refractivity contribution in [1.82, 2.24) is 10.6 Å². The molecular weight excluding hydrogens is 304 g/mol. The fourth-order valence-electron chi connectivity index (χ4n) is 1.87. The summed E-state index contributed by atoms with van der Waals surface area (Å²) in [5, 5.41) is 16.2. The Balaban J connectivity index is 1.85. The number of ether oxygens (including phenoxy) is 1. The number of benzene rings is 1. The maximum atomic E-state index is 11.9. The van der Waals surface area contributed by atoms with Crippen molar-refractivity contribution >= 4 is 17.5 Å². The molecule has 0 saturated heterocycles. The summed E-state index contributed by atoms with van der Waals surface area (Å²) in [5.41, 5.74) is 0.520. The average molecular weight is 327 g/mol. The van der Waals surface area contributed by atoms with E-state index in [4.69, 9.17) is 16.3 Å². The minimum Gasteiger partial charge on any atom is -0.489 e. The van der Waals surface area contributed by atoms with Gasteiger partial charge in [0.05, 0.1) is 5.02 Å². The molecule has 1 aromatic rings. The van der Waals surface area contributed by atoms with Crippen molar-refractivity contribution in [3.05, 3.63) is 28.8 Å². The lowest BCUT2D eigenvalue weighted by atomic mass is 10.2. The SMILES string of the molecule is CC(C)NCC(O)COc1ccc(C(=O)NC2CC2)cc1Cl. The van der Waals surface area contributed by atoms with Crippen LogP contribution in [0.5, 0.6) is 5.75 Å². The minimum absolute atomic E-state index is 0.114. The number of carbonyl (C=O) groups is 1. The molecule has 22 heavy (non-hydrogen) atoms. The molecule has 0 aliphatic heterocycles. The van der Waals surface area contributed by atoms with Gasteiger partial charge >= 0.3 is 0 Å². The quantitative estimate of drug-likeness (QED) is 0.683. The van der Waals surface area contributed by atoms with Crippen molar-refractivity contribution in [2.45, 2.75) is 44.9 Å². The van der Waals surface area contributed by atoms with E-state index in [1.807, 2.05) is 13.8 Å². The Morgan fingerprint density at radius 2 is 2.18 bits per heavy atom. The first-order valence-electron chi connectivity index (χ1n) is 7.60. The number of carbonyl (C=O) groups excluding carboxylic acids is 1. The van der Waals surface area contributed by atoms with Crippen LogP contribution < -0.4 is 15.4 Å². The lowest BCUT2D eigenvalue weighted by Crippen LogP contribution is -2.35. The molecule has 1 saturated carbocycles. The van der Waals surface area contributed by atoms with Crippen LogP contribution in [0.1, 0.15) is 37.0 Å². The third kappa shape index (κ3) is 5.48. The van der Waals surface area contributed by atoms with Crippen molar-refractivity contribution in [2.24, 2.45) is 0 Å². The molecule has 0 aromatic heterocycles. The highest BCUT2D eigenvalue weighted by atomic mass is 35.5. The molecule has 1 aliphatic rings. The van der Waals surface area contributed by atoms with Gasteiger partial charge in [-0.2, -0.15) is 0 Å². The lowest BCUT2D eigenvalue weighted by molar-refractivity contribution is 0.0950. The Labute approximate surface area is 136 Å². The summed E-state index contributed by atoms with van der Waals surface area (Å²) >= 11 is 6.13. The second-order valence-corrected chi connectivity index (χ2v) is 6.33. The molecule has 1 atom stereocenters. The highest BCUT2D eigenvalue weighted by molar-refractivity contribution is 6.32. The van der Waals surface area contributed by atoms with Crippen LogP contribution in [0.3, 0.4) is 0 Å². The highest BCUT2D eigenvalue weighted by Gasteiger charge is 2.24. The van der Waals surface area contributed by atoms with Gasteiger partial charge in [-0.3, -0.25) is 4.79 Å². The number of hydrogen-bond donors (Lipinski definition) is 3. The largest absolute Gasteiger partial charge is 0.489 e. The van der Waals surface area contributed by atoms with Crippen molar-refractivity contribution in [2.75, 3.05) is 13.2 Å². The van der Waals surface area contributed by atoms with Crippen LogP contribution in [-0.2, 0) is 0 Å². The van der Waals surface area contributed by atoms with Crippen LogP contribution in [-0.4, -0.2) is 42.4 Å². The molecule has 0 radical (unpaired) electrons. The molecule has 0 bridgehead atoms. The fraction of sp³-hybridized carbons (Fsp3) is 0.562. The van der Waals surface area contributed by atoms with Gasteiger partial charge < -0.3 is 20.5 Å². The number of rotatable bonds is 8. The summed E-state index contributed by atoms with van der Waals surface area (Å²) in [6.07, 6.45) is 1.47. The van der Waals surface area contributed by atoms with Crippen molar-refractivity contribution in [1.29, 1.82) is 0 Å². The van der Waals surface area contributed by atoms with E-state index in [0.717, 1.165) is 12.8 Å². The number of aliphatic hydroxyl groups is 1.